The lowest BCUT2D eigenvalue weighted by Crippen LogP contribution is -2.49. The summed E-state index contributed by atoms with van der Waals surface area (Å²) in [4.78, 5) is 30.7. The first-order chi connectivity index (χ1) is 12.3. The van der Waals surface area contributed by atoms with Crippen molar-refractivity contribution < 1.29 is 14.0 Å². The molecule has 1 aliphatic rings. The average molecular weight is 376 g/mol. The number of nitrogens with zero attached hydrogens (tertiary/aromatic N) is 2. The van der Waals surface area contributed by atoms with Crippen molar-refractivity contribution in [2.45, 2.75) is 32.2 Å². The molecule has 2 heterocycles. The number of piperidine rings is 1. The molecule has 1 unspecified atom stereocenters. The molecule has 1 aliphatic heterocycles. The lowest BCUT2D eigenvalue weighted by atomic mass is 9.95. The highest BCUT2D eigenvalue weighted by Gasteiger charge is 2.34. The summed E-state index contributed by atoms with van der Waals surface area (Å²) < 4.78 is 5.79. The summed E-state index contributed by atoms with van der Waals surface area (Å²) in [5, 5.41) is 3.58. The highest BCUT2D eigenvalue weighted by Crippen LogP contribution is 2.27. The van der Waals surface area contributed by atoms with E-state index in [1.165, 1.54) is 6.08 Å². The largest absolute Gasteiger partial charge is 0.438 e. The van der Waals surface area contributed by atoms with Crippen LogP contribution in [0.15, 0.2) is 35.3 Å². The number of likely N-dealkylation sites (tertiary alicyclic amines) is 1. The van der Waals surface area contributed by atoms with Gasteiger partial charge in [0.1, 0.15) is 11.1 Å². The van der Waals surface area contributed by atoms with Gasteiger partial charge in [-0.05, 0) is 51.0 Å². The first kappa shape index (κ1) is 18.5. The number of fused-ring (bicyclic) bond motifs is 1. The third-order valence-electron chi connectivity index (χ3n) is 4.60. The monoisotopic (exact) mass is 375 g/mol. The molecule has 0 radical (unpaired) electrons. The van der Waals surface area contributed by atoms with E-state index in [1.54, 1.807) is 23.1 Å². The van der Waals surface area contributed by atoms with E-state index in [9.17, 15) is 9.59 Å². The second-order valence-electron chi connectivity index (χ2n) is 7.07. The zero-order valence-corrected chi connectivity index (χ0v) is 15.7. The summed E-state index contributed by atoms with van der Waals surface area (Å²) in [5.74, 6) is -0.0989. The molecule has 0 spiro atoms. The van der Waals surface area contributed by atoms with Crippen LogP contribution in [0.3, 0.4) is 0 Å². The van der Waals surface area contributed by atoms with Gasteiger partial charge in [0.25, 0.3) is 0 Å². The van der Waals surface area contributed by atoms with E-state index < -0.39 is 5.54 Å². The Balaban J connectivity index is 1.74. The van der Waals surface area contributed by atoms with Gasteiger partial charge in [-0.2, -0.15) is 0 Å². The highest BCUT2D eigenvalue weighted by atomic mass is 35.5. The number of hydrogen-bond acceptors (Lipinski definition) is 4. The quantitative estimate of drug-likeness (QED) is 0.832. The van der Waals surface area contributed by atoms with Crippen LogP contribution >= 0.6 is 11.6 Å². The summed E-state index contributed by atoms with van der Waals surface area (Å²) in [7, 11) is 0. The minimum Gasteiger partial charge on any atom is -0.438 e. The smallest absolute Gasteiger partial charge is 0.245 e. The molecular weight excluding hydrogens is 354 g/mol. The van der Waals surface area contributed by atoms with E-state index in [2.05, 4.69) is 16.9 Å². The van der Waals surface area contributed by atoms with Crippen molar-refractivity contribution in [3.63, 3.8) is 0 Å². The SMILES string of the molecule is C=CC(=O)N1CCCC(C(=O)NC(C)(C)c2nc3cc(Cl)ccc3o2)C1. The predicted octanol–water partition coefficient (Wildman–Crippen LogP) is 3.26. The van der Waals surface area contributed by atoms with E-state index in [4.69, 9.17) is 16.0 Å². The standard InChI is InChI=1S/C19H22ClN3O3/c1-4-16(24)23-9-5-6-12(11-23)17(25)22-19(2,3)18-21-14-10-13(20)7-8-15(14)26-18/h4,7-8,10,12H,1,5-6,9,11H2,2-3H3,(H,22,25). The molecule has 2 aromatic rings. The maximum Gasteiger partial charge on any atom is 0.245 e. The normalized spacial score (nSPS) is 18.0. The van der Waals surface area contributed by atoms with Crippen LogP contribution in [0.1, 0.15) is 32.6 Å². The zero-order chi connectivity index (χ0) is 18.9. The van der Waals surface area contributed by atoms with Crippen LogP contribution in [0, 0.1) is 5.92 Å². The van der Waals surface area contributed by atoms with Gasteiger partial charge < -0.3 is 14.6 Å². The number of benzene rings is 1. The number of oxazole rings is 1. The van der Waals surface area contributed by atoms with Crippen LogP contribution in [0.2, 0.25) is 5.02 Å². The molecule has 1 saturated heterocycles. The van der Waals surface area contributed by atoms with Crippen LogP contribution in [-0.4, -0.2) is 34.8 Å². The van der Waals surface area contributed by atoms with E-state index in [-0.39, 0.29) is 17.7 Å². The zero-order valence-electron chi connectivity index (χ0n) is 14.9. The number of hydrogen-bond donors (Lipinski definition) is 1. The summed E-state index contributed by atoms with van der Waals surface area (Å²) in [6.07, 6.45) is 2.82. The third-order valence-corrected chi connectivity index (χ3v) is 4.83. The van der Waals surface area contributed by atoms with E-state index in [0.29, 0.717) is 35.1 Å². The Hall–Kier alpha value is -2.34. The van der Waals surface area contributed by atoms with Crippen LogP contribution in [0.5, 0.6) is 0 Å². The Morgan fingerprint density at radius 1 is 1.46 bits per heavy atom. The number of halogens is 1. The molecule has 2 amide bonds. The van der Waals surface area contributed by atoms with Crippen LogP contribution in [0.4, 0.5) is 0 Å². The first-order valence-corrected chi connectivity index (χ1v) is 8.98. The Morgan fingerprint density at radius 3 is 2.96 bits per heavy atom. The number of aromatic nitrogens is 1. The van der Waals surface area contributed by atoms with Gasteiger partial charge in [-0.25, -0.2) is 4.98 Å². The van der Waals surface area contributed by atoms with Crippen molar-refractivity contribution in [2.75, 3.05) is 13.1 Å². The molecule has 26 heavy (non-hydrogen) atoms. The lowest BCUT2D eigenvalue weighted by Gasteiger charge is -2.33. The van der Waals surface area contributed by atoms with Crippen molar-refractivity contribution in [1.82, 2.24) is 15.2 Å². The molecule has 0 bridgehead atoms. The van der Waals surface area contributed by atoms with E-state index in [1.807, 2.05) is 13.8 Å². The molecule has 0 aliphatic carbocycles. The molecule has 3 rings (SSSR count). The number of carbonyl (C=O) groups excluding carboxylic acids is 2. The molecule has 1 aromatic carbocycles. The molecule has 1 N–H and O–H groups in total. The van der Waals surface area contributed by atoms with Crippen LogP contribution in [0.25, 0.3) is 11.1 Å². The van der Waals surface area contributed by atoms with Gasteiger partial charge in [-0.1, -0.05) is 18.2 Å². The van der Waals surface area contributed by atoms with Gasteiger partial charge >= 0.3 is 0 Å². The highest BCUT2D eigenvalue weighted by molar-refractivity contribution is 6.31. The minimum absolute atomic E-state index is 0.114. The molecule has 1 atom stereocenters. The van der Waals surface area contributed by atoms with Gasteiger partial charge in [-0.15, -0.1) is 0 Å². The fourth-order valence-corrected chi connectivity index (χ4v) is 3.32. The van der Waals surface area contributed by atoms with Crippen LogP contribution in [-0.2, 0) is 15.1 Å². The third kappa shape index (κ3) is 3.75. The topological polar surface area (TPSA) is 75.4 Å². The Morgan fingerprint density at radius 2 is 2.23 bits per heavy atom. The number of rotatable bonds is 4. The van der Waals surface area contributed by atoms with E-state index >= 15 is 0 Å². The fraction of sp³-hybridized carbons (Fsp3) is 0.421. The van der Waals surface area contributed by atoms with E-state index in [0.717, 1.165) is 12.8 Å². The molecule has 6 nitrogen and oxygen atoms in total. The minimum atomic E-state index is -0.784. The Bertz CT molecular complexity index is 859. The second-order valence-corrected chi connectivity index (χ2v) is 7.51. The Kier molecular flexibility index (Phi) is 5.05. The van der Waals surface area contributed by atoms with Gasteiger partial charge in [-0.3, -0.25) is 9.59 Å². The van der Waals surface area contributed by atoms with Crippen molar-refractivity contribution >= 4 is 34.5 Å². The second kappa shape index (κ2) is 7.11. The number of amides is 2. The molecular formula is C19H22ClN3O3. The van der Waals surface area contributed by atoms with Crippen molar-refractivity contribution in [3.8, 4) is 0 Å². The van der Waals surface area contributed by atoms with Crippen molar-refractivity contribution in [1.29, 1.82) is 0 Å². The maximum absolute atomic E-state index is 12.7. The summed E-state index contributed by atoms with van der Waals surface area (Å²) >= 11 is 5.99. The Labute approximate surface area is 157 Å². The number of nitrogens with one attached hydrogen (secondary N) is 1. The predicted molar refractivity (Wildman–Crippen MR) is 99.7 cm³/mol. The molecule has 138 valence electrons. The summed E-state index contributed by atoms with van der Waals surface area (Å²) in [6.45, 7) is 8.25. The van der Waals surface area contributed by atoms with Gasteiger partial charge in [0, 0.05) is 18.1 Å². The van der Waals surface area contributed by atoms with Gasteiger partial charge in [0.05, 0.1) is 5.92 Å². The fourth-order valence-electron chi connectivity index (χ4n) is 3.15. The van der Waals surface area contributed by atoms with Gasteiger partial charge in [0.15, 0.2) is 5.58 Å². The molecule has 7 heteroatoms. The summed E-state index contributed by atoms with van der Waals surface area (Å²) in [6, 6.07) is 5.21. The molecule has 1 aromatic heterocycles. The van der Waals surface area contributed by atoms with Crippen molar-refractivity contribution in [2.24, 2.45) is 5.92 Å². The molecule has 1 fully saturated rings. The lowest BCUT2D eigenvalue weighted by molar-refractivity contribution is -0.133. The first-order valence-electron chi connectivity index (χ1n) is 8.60. The summed E-state index contributed by atoms with van der Waals surface area (Å²) in [5.41, 5.74) is 0.482. The van der Waals surface area contributed by atoms with Gasteiger partial charge in [0.2, 0.25) is 17.7 Å². The van der Waals surface area contributed by atoms with Crippen molar-refractivity contribution in [3.05, 3.63) is 41.8 Å². The van der Waals surface area contributed by atoms with Crippen LogP contribution < -0.4 is 5.32 Å². The average Bonchev–Trinajstić information content (AvgIpc) is 3.05. The molecule has 0 saturated carbocycles. The maximum atomic E-state index is 12.7. The number of carbonyl (C=O) groups is 2.